The molecule has 1 fully saturated rings. The Hall–Kier alpha value is -0.390. The zero-order valence-electron chi connectivity index (χ0n) is 5.29. The second-order valence-corrected chi connectivity index (χ2v) is 2.36. The lowest BCUT2D eigenvalue weighted by Gasteiger charge is -2.17. The summed E-state index contributed by atoms with van der Waals surface area (Å²) in [6.07, 6.45) is -7.61. The topological polar surface area (TPSA) is 12.5 Å². The largest absolute Gasteiger partial charge is 0.453 e. The summed E-state index contributed by atoms with van der Waals surface area (Å²) in [5.74, 6) is -4.60. The molecule has 0 aliphatic carbocycles. The van der Waals surface area contributed by atoms with Gasteiger partial charge in [0.2, 0.25) is 0 Å². The van der Waals surface area contributed by atoms with E-state index >= 15 is 0 Å². The molecule has 66 valence electrons. The van der Waals surface area contributed by atoms with Crippen LogP contribution in [0.1, 0.15) is 6.42 Å². The molecule has 1 aliphatic rings. The fraction of sp³-hybridized carbons (Fsp3) is 1.00. The summed E-state index contributed by atoms with van der Waals surface area (Å²) in [6, 6.07) is 0. The van der Waals surface area contributed by atoms with Gasteiger partial charge >= 0.3 is 12.1 Å². The highest BCUT2D eigenvalue weighted by Gasteiger charge is 2.59. The molecule has 0 bridgehead atoms. The van der Waals surface area contributed by atoms with E-state index < -0.39 is 24.6 Å². The Labute approximate surface area is 59.1 Å². The van der Waals surface area contributed by atoms with Crippen molar-refractivity contribution in [3.05, 3.63) is 0 Å². The average molecular weight is 176 g/mol. The molecule has 1 heterocycles. The van der Waals surface area contributed by atoms with Gasteiger partial charge in [0.25, 0.3) is 0 Å². The fourth-order valence-corrected chi connectivity index (χ4v) is 0.588. The van der Waals surface area contributed by atoms with E-state index in [1.807, 2.05) is 0 Å². The van der Waals surface area contributed by atoms with Gasteiger partial charge < -0.3 is 4.74 Å². The van der Waals surface area contributed by atoms with Gasteiger partial charge in [-0.15, -0.1) is 0 Å². The number of alkyl halides is 5. The van der Waals surface area contributed by atoms with Crippen molar-refractivity contribution in [2.45, 2.75) is 24.6 Å². The number of ether oxygens (including phenoxy) is 1. The maximum Gasteiger partial charge on any atom is 0.453 e. The molecule has 0 spiro atoms. The number of hydrogen-bond acceptors (Lipinski definition) is 1. The van der Waals surface area contributed by atoms with Gasteiger partial charge in [-0.25, -0.2) is 0 Å². The molecule has 0 aromatic rings. The summed E-state index contributed by atoms with van der Waals surface area (Å²) in [6.45, 7) is 0.00562. The van der Waals surface area contributed by atoms with Crippen LogP contribution in [-0.4, -0.2) is 24.8 Å². The van der Waals surface area contributed by atoms with Crippen molar-refractivity contribution in [2.24, 2.45) is 0 Å². The van der Waals surface area contributed by atoms with Crippen molar-refractivity contribution >= 4 is 0 Å². The van der Waals surface area contributed by atoms with Crippen LogP contribution in [0.4, 0.5) is 22.0 Å². The zero-order valence-corrected chi connectivity index (χ0v) is 5.29. The van der Waals surface area contributed by atoms with Gasteiger partial charge in [0.15, 0.2) is 0 Å². The molecule has 1 aliphatic heterocycles. The van der Waals surface area contributed by atoms with Crippen LogP contribution >= 0.6 is 0 Å². The lowest BCUT2D eigenvalue weighted by molar-refractivity contribution is -0.285. The molecule has 1 nitrogen and oxygen atoms in total. The standard InChI is InChI=1S/C5H5F5O/c6-4(7,5(8,9)10)1-3-2-11-3/h3H,1-2H2/t3-/m0/s1. The van der Waals surface area contributed by atoms with E-state index in [0.29, 0.717) is 0 Å². The monoisotopic (exact) mass is 176 g/mol. The van der Waals surface area contributed by atoms with Crippen molar-refractivity contribution in [3.63, 3.8) is 0 Å². The molecule has 0 radical (unpaired) electrons. The molecule has 6 heteroatoms. The Morgan fingerprint density at radius 3 is 1.91 bits per heavy atom. The molecule has 0 aromatic heterocycles. The second-order valence-electron chi connectivity index (χ2n) is 2.36. The third-order valence-corrected chi connectivity index (χ3v) is 1.30. The van der Waals surface area contributed by atoms with Crippen LogP contribution in [0.25, 0.3) is 0 Å². The quantitative estimate of drug-likeness (QED) is 0.463. The van der Waals surface area contributed by atoms with Gasteiger partial charge in [0.05, 0.1) is 12.7 Å². The zero-order chi connectivity index (χ0) is 8.70. The lowest BCUT2D eigenvalue weighted by Crippen LogP contribution is -2.37. The summed E-state index contributed by atoms with van der Waals surface area (Å²) in [7, 11) is 0. The van der Waals surface area contributed by atoms with Gasteiger partial charge in [-0.2, -0.15) is 22.0 Å². The first kappa shape index (κ1) is 8.70. The summed E-state index contributed by atoms with van der Waals surface area (Å²) in [5.41, 5.74) is 0. The predicted octanol–water partition coefficient (Wildman–Crippen LogP) is 1.97. The Morgan fingerprint density at radius 1 is 1.18 bits per heavy atom. The Bertz CT molecular complexity index is 147. The Kier molecular flexibility index (Phi) is 1.82. The van der Waals surface area contributed by atoms with Gasteiger partial charge in [0, 0.05) is 6.42 Å². The predicted molar refractivity (Wildman–Crippen MR) is 25.4 cm³/mol. The average Bonchev–Trinajstić information content (AvgIpc) is 2.45. The molecule has 0 unspecified atom stereocenters. The molecule has 0 saturated carbocycles. The highest BCUT2D eigenvalue weighted by atomic mass is 19.4. The highest BCUT2D eigenvalue weighted by Crippen LogP contribution is 2.41. The third-order valence-electron chi connectivity index (χ3n) is 1.30. The minimum Gasteiger partial charge on any atom is -0.373 e. The second kappa shape index (κ2) is 2.30. The van der Waals surface area contributed by atoms with E-state index in [4.69, 9.17) is 0 Å². The molecule has 0 N–H and O–H groups in total. The molecule has 1 atom stereocenters. The van der Waals surface area contributed by atoms with Crippen LogP contribution in [0.2, 0.25) is 0 Å². The lowest BCUT2D eigenvalue weighted by atomic mass is 10.2. The van der Waals surface area contributed by atoms with Crippen LogP contribution in [0.3, 0.4) is 0 Å². The van der Waals surface area contributed by atoms with Crippen LogP contribution in [0.15, 0.2) is 0 Å². The normalized spacial score (nSPS) is 25.4. The number of halogens is 5. The maximum atomic E-state index is 12.0. The summed E-state index contributed by atoms with van der Waals surface area (Å²) >= 11 is 0. The molecule has 0 aromatic carbocycles. The Morgan fingerprint density at radius 2 is 1.64 bits per heavy atom. The van der Waals surface area contributed by atoms with Gasteiger partial charge in [-0.1, -0.05) is 0 Å². The van der Waals surface area contributed by atoms with Crippen LogP contribution < -0.4 is 0 Å². The van der Waals surface area contributed by atoms with Gasteiger partial charge in [-0.05, 0) is 0 Å². The van der Waals surface area contributed by atoms with Crippen molar-refractivity contribution in [1.82, 2.24) is 0 Å². The van der Waals surface area contributed by atoms with Gasteiger partial charge in [-0.3, -0.25) is 0 Å². The first-order valence-corrected chi connectivity index (χ1v) is 2.89. The molecule has 1 saturated heterocycles. The summed E-state index contributed by atoms with van der Waals surface area (Å²) < 4.78 is 62.5. The summed E-state index contributed by atoms with van der Waals surface area (Å²) in [4.78, 5) is 0. The van der Waals surface area contributed by atoms with Crippen LogP contribution in [0.5, 0.6) is 0 Å². The smallest absolute Gasteiger partial charge is 0.373 e. The molecular weight excluding hydrogens is 171 g/mol. The van der Waals surface area contributed by atoms with Crippen LogP contribution in [-0.2, 0) is 4.74 Å². The van der Waals surface area contributed by atoms with E-state index in [9.17, 15) is 22.0 Å². The first-order valence-electron chi connectivity index (χ1n) is 2.89. The van der Waals surface area contributed by atoms with E-state index in [0.717, 1.165) is 0 Å². The maximum absolute atomic E-state index is 12.0. The van der Waals surface area contributed by atoms with E-state index in [1.54, 1.807) is 0 Å². The van der Waals surface area contributed by atoms with Crippen molar-refractivity contribution in [2.75, 3.05) is 6.61 Å². The SMILES string of the molecule is FC(F)(F)C(F)(F)C[C@H]1CO1. The summed E-state index contributed by atoms with van der Waals surface area (Å²) in [5, 5.41) is 0. The van der Waals surface area contributed by atoms with E-state index in [2.05, 4.69) is 4.74 Å². The van der Waals surface area contributed by atoms with Gasteiger partial charge in [0.1, 0.15) is 0 Å². The Balaban J connectivity index is 2.49. The highest BCUT2D eigenvalue weighted by molar-refractivity contribution is 4.83. The minimum atomic E-state index is -5.45. The van der Waals surface area contributed by atoms with Crippen LogP contribution in [0, 0.1) is 0 Å². The van der Waals surface area contributed by atoms with E-state index in [1.165, 1.54) is 0 Å². The molecule has 11 heavy (non-hydrogen) atoms. The number of epoxide rings is 1. The molecule has 1 rings (SSSR count). The molecular formula is C5H5F5O. The first-order chi connectivity index (χ1) is 4.83. The minimum absolute atomic E-state index is 0.00562. The number of rotatable bonds is 2. The fourth-order valence-electron chi connectivity index (χ4n) is 0.588. The number of hydrogen-bond donors (Lipinski definition) is 0. The van der Waals surface area contributed by atoms with E-state index in [-0.39, 0.29) is 6.61 Å². The van der Waals surface area contributed by atoms with Crippen molar-refractivity contribution in [3.8, 4) is 0 Å². The van der Waals surface area contributed by atoms with Crippen molar-refractivity contribution < 1.29 is 26.7 Å². The van der Waals surface area contributed by atoms with Crippen molar-refractivity contribution in [1.29, 1.82) is 0 Å². The third kappa shape index (κ3) is 2.02. The molecule has 0 amide bonds.